The Bertz CT molecular complexity index is 580. The molecule has 0 fully saturated rings. The number of hydrogen-bond donors (Lipinski definition) is 2. The Kier molecular flexibility index (Phi) is 5.68. The number of carbonyl (C=O) groups is 1. The molecule has 21 heavy (non-hydrogen) atoms. The van der Waals surface area contributed by atoms with E-state index >= 15 is 0 Å². The summed E-state index contributed by atoms with van der Waals surface area (Å²) in [5.74, 6) is 0. The number of nitrogens with zero attached hydrogens (tertiary/aromatic N) is 2. The lowest BCUT2D eigenvalue weighted by atomic mass is 10.2. The van der Waals surface area contributed by atoms with Gasteiger partial charge in [-0.1, -0.05) is 13.0 Å². The lowest BCUT2D eigenvalue weighted by Gasteiger charge is -2.07. The molecule has 0 radical (unpaired) electrons. The molecule has 0 saturated heterocycles. The van der Waals surface area contributed by atoms with Crippen molar-refractivity contribution in [3.63, 3.8) is 0 Å². The van der Waals surface area contributed by atoms with E-state index in [1.165, 1.54) is 0 Å². The zero-order valence-electron chi connectivity index (χ0n) is 12.3. The minimum absolute atomic E-state index is 0.165. The fourth-order valence-corrected chi connectivity index (χ4v) is 2.56. The summed E-state index contributed by atoms with van der Waals surface area (Å²) in [7, 11) is 0. The van der Waals surface area contributed by atoms with Crippen molar-refractivity contribution in [2.45, 2.75) is 33.2 Å². The topological polar surface area (TPSA) is 66.9 Å². The first-order chi connectivity index (χ1) is 10.2. The van der Waals surface area contributed by atoms with Crippen LogP contribution in [0.2, 0.25) is 0 Å². The number of carbonyl (C=O) groups excluding carboxylic acids is 1. The van der Waals surface area contributed by atoms with Gasteiger partial charge >= 0.3 is 6.03 Å². The molecule has 0 aromatic carbocycles. The number of nitrogens with one attached hydrogen (secondary N) is 2. The summed E-state index contributed by atoms with van der Waals surface area (Å²) in [6.45, 7) is 5.10. The minimum Gasteiger partial charge on any atom is -0.338 e. The first-order valence-electron chi connectivity index (χ1n) is 7.04. The van der Waals surface area contributed by atoms with E-state index in [2.05, 4.69) is 32.9 Å². The molecule has 2 aromatic rings. The summed E-state index contributed by atoms with van der Waals surface area (Å²) in [5, 5.41) is 8.84. The zero-order valence-corrected chi connectivity index (χ0v) is 13.2. The molecule has 6 heteroatoms. The number of aryl methyl sites for hydroxylation is 2. The molecule has 0 bridgehead atoms. The summed E-state index contributed by atoms with van der Waals surface area (Å²) in [5.41, 5.74) is 3.00. The standard InChI is InChI=1S/C15H20N4OS/c1-3-14-19-13(10-21-14)6-7-16-15(20)18-9-12-5-4-11(2)17-8-12/h4-5,8,10H,3,6-7,9H2,1-2H3,(H2,16,18,20). The minimum atomic E-state index is -0.165. The van der Waals surface area contributed by atoms with Gasteiger partial charge in [0.2, 0.25) is 0 Å². The van der Waals surface area contributed by atoms with Gasteiger partial charge in [-0.15, -0.1) is 11.3 Å². The van der Waals surface area contributed by atoms with E-state index < -0.39 is 0 Å². The molecule has 0 unspecified atom stereocenters. The quantitative estimate of drug-likeness (QED) is 0.861. The number of thiazole rings is 1. The van der Waals surface area contributed by atoms with Crippen LogP contribution in [0.3, 0.4) is 0 Å². The van der Waals surface area contributed by atoms with Crippen LogP contribution in [0.25, 0.3) is 0 Å². The van der Waals surface area contributed by atoms with Crippen molar-refractivity contribution >= 4 is 17.4 Å². The smallest absolute Gasteiger partial charge is 0.315 e. The zero-order chi connectivity index (χ0) is 15.1. The number of rotatable bonds is 6. The molecule has 2 N–H and O–H groups in total. The van der Waals surface area contributed by atoms with Crippen LogP contribution < -0.4 is 10.6 Å². The van der Waals surface area contributed by atoms with Gasteiger partial charge in [0.1, 0.15) is 0 Å². The van der Waals surface area contributed by atoms with Gasteiger partial charge in [-0.25, -0.2) is 9.78 Å². The molecule has 0 spiro atoms. The van der Waals surface area contributed by atoms with Crippen molar-refractivity contribution < 1.29 is 4.79 Å². The van der Waals surface area contributed by atoms with Crippen LogP contribution in [-0.4, -0.2) is 22.5 Å². The van der Waals surface area contributed by atoms with Gasteiger partial charge in [0, 0.05) is 36.8 Å². The van der Waals surface area contributed by atoms with E-state index in [9.17, 15) is 4.79 Å². The van der Waals surface area contributed by atoms with E-state index in [1.807, 2.05) is 19.1 Å². The lowest BCUT2D eigenvalue weighted by molar-refractivity contribution is 0.240. The van der Waals surface area contributed by atoms with Crippen LogP contribution in [0.5, 0.6) is 0 Å². The van der Waals surface area contributed by atoms with Crippen LogP contribution in [0.1, 0.15) is 28.9 Å². The van der Waals surface area contributed by atoms with Crippen LogP contribution in [0.15, 0.2) is 23.7 Å². The van der Waals surface area contributed by atoms with Crippen molar-refractivity contribution in [1.82, 2.24) is 20.6 Å². The summed E-state index contributed by atoms with van der Waals surface area (Å²) >= 11 is 1.67. The van der Waals surface area contributed by atoms with E-state index in [1.54, 1.807) is 17.5 Å². The first kappa shape index (κ1) is 15.4. The summed E-state index contributed by atoms with van der Waals surface area (Å²) < 4.78 is 0. The van der Waals surface area contributed by atoms with Crippen molar-refractivity contribution in [3.8, 4) is 0 Å². The Morgan fingerprint density at radius 3 is 2.86 bits per heavy atom. The maximum Gasteiger partial charge on any atom is 0.315 e. The molecule has 2 aromatic heterocycles. The normalized spacial score (nSPS) is 10.4. The Labute approximate surface area is 128 Å². The average molecular weight is 304 g/mol. The Balaban J connectivity index is 1.66. The first-order valence-corrected chi connectivity index (χ1v) is 7.92. The van der Waals surface area contributed by atoms with Crippen molar-refractivity contribution in [1.29, 1.82) is 0 Å². The number of aromatic nitrogens is 2. The predicted molar refractivity (Wildman–Crippen MR) is 84.4 cm³/mol. The van der Waals surface area contributed by atoms with Crippen molar-refractivity contribution in [3.05, 3.63) is 45.7 Å². The fourth-order valence-electron chi connectivity index (χ4n) is 1.78. The number of hydrogen-bond acceptors (Lipinski definition) is 4. The maximum absolute atomic E-state index is 11.7. The monoisotopic (exact) mass is 304 g/mol. The Morgan fingerprint density at radius 1 is 1.33 bits per heavy atom. The van der Waals surface area contributed by atoms with E-state index in [0.29, 0.717) is 13.1 Å². The van der Waals surface area contributed by atoms with Crippen LogP contribution in [0.4, 0.5) is 4.79 Å². The second kappa shape index (κ2) is 7.73. The van der Waals surface area contributed by atoms with Crippen LogP contribution in [-0.2, 0) is 19.4 Å². The largest absolute Gasteiger partial charge is 0.338 e. The SMILES string of the molecule is CCc1nc(CCNC(=O)NCc2ccc(C)nc2)cs1. The molecule has 2 amide bonds. The van der Waals surface area contributed by atoms with Crippen molar-refractivity contribution in [2.75, 3.05) is 6.54 Å². The second-order valence-electron chi connectivity index (χ2n) is 4.75. The predicted octanol–water partition coefficient (Wildman–Crippen LogP) is 2.45. The molecule has 5 nitrogen and oxygen atoms in total. The molecule has 0 atom stereocenters. The third kappa shape index (κ3) is 5.15. The van der Waals surface area contributed by atoms with E-state index in [-0.39, 0.29) is 6.03 Å². The molecule has 0 aliphatic heterocycles. The molecule has 0 aliphatic rings. The second-order valence-corrected chi connectivity index (χ2v) is 5.70. The summed E-state index contributed by atoms with van der Waals surface area (Å²) in [6, 6.07) is 3.73. The Hall–Kier alpha value is -1.95. The van der Waals surface area contributed by atoms with Gasteiger partial charge in [0.15, 0.2) is 0 Å². The van der Waals surface area contributed by atoms with Gasteiger partial charge < -0.3 is 10.6 Å². The van der Waals surface area contributed by atoms with E-state index in [4.69, 9.17) is 0 Å². The molecule has 2 heterocycles. The molecule has 0 saturated carbocycles. The van der Waals surface area contributed by atoms with Gasteiger partial charge in [0.25, 0.3) is 0 Å². The number of amides is 2. The average Bonchev–Trinajstić information content (AvgIpc) is 2.95. The highest BCUT2D eigenvalue weighted by Crippen LogP contribution is 2.10. The summed E-state index contributed by atoms with van der Waals surface area (Å²) in [6.07, 6.45) is 3.50. The van der Waals surface area contributed by atoms with E-state index in [0.717, 1.165) is 34.8 Å². The van der Waals surface area contributed by atoms with Gasteiger partial charge in [-0.3, -0.25) is 4.98 Å². The summed E-state index contributed by atoms with van der Waals surface area (Å²) in [4.78, 5) is 20.3. The molecular weight excluding hydrogens is 284 g/mol. The van der Waals surface area contributed by atoms with Crippen molar-refractivity contribution in [2.24, 2.45) is 0 Å². The third-order valence-corrected chi connectivity index (χ3v) is 4.04. The number of urea groups is 1. The maximum atomic E-state index is 11.7. The van der Waals surface area contributed by atoms with Gasteiger partial charge in [-0.05, 0) is 25.0 Å². The highest BCUT2D eigenvalue weighted by Gasteiger charge is 2.03. The van der Waals surface area contributed by atoms with Gasteiger partial charge in [-0.2, -0.15) is 0 Å². The molecule has 112 valence electrons. The Morgan fingerprint density at radius 2 is 2.19 bits per heavy atom. The van der Waals surface area contributed by atoms with Crippen LogP contribution in [0, 0.1) is 6.92 Å². The van der Waals surface area contributed by atoms with Gasteiger partial charge in [0.05, 0.1) is 10.7 Å². The molecular formula is C15H20N4OS. The highest BCUT2D eigenvalue weighted by atomic mass is 32.1. The van der Waals surface area contributed by atoms with Crippen LogP contribution >= 0.6 is 11.3 Å². The lowest BCUT2D eigenvalue weighted by Crippen LogP contribution is -2.36. The highest BCUT2D eigenvalue weighted by molar-refractivity contribution is 7.09. The fraction of sp³-hybridized carbons (Fsp3) is 0.400. The molecule has 0 aliphatic carbocycles. The third-order valence-electron chi connectivity index (χ3n) is 2.99. The number of pyridine rings is 1. The molecule has 2 rings (SSSR count).